The van der Waals surface area contributed by atoms with Crippen LogP contribution in [0.25, 0.3) is 0 Å². The fourth-order valence-corrected chi connectivity index (χ4v) is 9.02. The van der Waals surface area contributed by atoms with E-state index in [-0.39, 0.29) is 40.0 Å². The Bertz CT molecular complexity index is 1290. The molecule has 33 heavy (non-hydrogen) atoms. The molecule has 0 saturated heterocycles. The van der Waals surface area contributed by atoms with Crippen LogP contribution in [-0.2, 0) is 9.59 Å². The van der Waals surface area contributed by atoms with Crippen LogP contribution in [0.4, 0.5) is 4.39 Å². The molecule has 0 bridgehead atoms. The highest BCUT2D eigenvalue weighted by Crippen LogP contribution is 2.97. The molecule has 0 amide bonds. The molecule has 6 nitrogen and oxygen atoms in total. The Balaban J connectivity index is 1.38. The predicted octanol–water partition coefficient (Wildman–Crippen LogP) is 4.08. The van der Waals surface area contributed by atoms with Gasteiger partial charge in [-0.1, -0.05) is 23.7 Å². The zero-order valence-electron chi connectivity index (χ0n) is 17.5. The average molecular weight is 484 g/mol. The first-order valence-corrected chi connectivity index (χ1v) is 12.2. The number of amidine groups is 1. The van der Waals surface area contributed by atoms with Gasteiger partial charge in [0.15, 0.2) is 10.8 Å². The third-order valence-electron chi connectivity index (χ3n) is 9.33. The van der Waals surface area contributed by atoms with Crippen molar-refractivity contribution in [2.45, 2.75) is 19.4 Å². The van der Waals surface area contributed by atoms with E-state index < -0.39 is 23.2 Å². The first kappa shape index (κ1) is 19.9. The number of rotatable bonds is 5. The summed E-state index contributed by atoms with van der Waals surface area (Å²) in [5.74, 6) is 0.209. The average Bonchev–Trinajstić information content (AvgIpc) is 3.35. The molecule has 1 aromatic heterocycles. The van der Waals surface area contributed by atoms with Crippen molar-refractivity contribution < 1.29 is 19.1 Å². The first-order chi connectivity index (χ1) is 15.9. The quantitative estimate of drug-likeness (QED) is 0.625. The van der Waals surface area contributed by atoms with Gasteiger partial charge < -0.3 is 10.4 Å². The van der Waals surface area contributed by atoms with Crippen molar-refractivity contribution in [2.24, 2.45) is 45.4 Å². The SMILES string of the molecule is CC1(C(=O)O)C2C3CC4C1C2C34C1=C(C=O)C(c2cccc(F)c2Cl)N=C(c2nccs2)N1. The van der Waals surface area contributed by atoms with E-state index in [2.05, 4.69) is 10.3 Å². The second-order valence-electron chi connectivity index (χ2n) is 9.98. The number of carbonyl (C=O) groups excluding carboxylic acids is 1. The molecule has 0 radical (unpaired) electrons. The van der Waals surface area contributed by atoms with Crippen LogP contribution in [0.1, 0.15) is 30.0 Å². The van der Waals surface area contributed by atoms with E-state index in [4.69, 9.17) is 16.6 Å². The lowest BCUT2D eigenvalue weighted by Gasteiger charge is -2.95. The second kappa shape index (κ2) is 6.10. The number of nitrogens with zero attached hydrogens (tertiary/aromatic N) is 2. The van der Waals surface area contributed by atoms with Crippen LogP contribution in [0.2, 0.25) is 5.02 Å². The number of carboxylic acid groups (broad SMARTS) is 1. The Morgan fingerprint density at radius 3 is 2.70 bits per heavy atom. The fourth-order valence-electron chi connectivity index (χ4n) is 8.21. The molecule has 0 spiro atoms. The van der Waals surface area contributed by atoms with Crippen molar-refractivity contribution in [3.63, 3.8) is 0 Å². The molecule has 4 saturated carbocycles. The molecule has 1 aliphatic heterocycles. The number of halogens is 2. The molecule has 2 N–H and O–H groups in total. The molecule has 5 aliphatic rings. The van der Waals surface area contributed by atoms with E-state index in [0.717, 1.165) is 18.4 Å². The van der Waals surface area contributed by atoms with Gasteiger partial charge in [0, 0.05) is 33.8 Å². The number of hydrogen-bond donors (Lipinski definition) is 2. The van der Waals surface area contributed by atoms with Crippen LogP contribution in [0.5, 0.6) is 0 Å². The van der Waals surface area contributed by atoms with E-state index in [0.29, 0.717) is 22.0 Å². The predicted molar refractivity (Wildman–Crippen MR) is 119 cm³/mol. The summed E-state index contributed by atoms with van der Waals surface area (Å²) in [6, 6.07) is 3.80. The number of benzene rings is 1. The maximum Gasteiger partial charge on any atom is 0.309 e. The standard InChI is InChI=1S/C24H19ClFN3O3S/c1-23(22(31)32)14-11-7-12-15(23)16(14)24(11,12)19-10(8-30)18(9-3-2-4-13(26)17(9)25)28-20(29-19)21-27-5-6-33-21/h2-6,8,11-12,14-16,18H,7H2,1H3,(H,28,29)(H,31,32). The largest absolute Gasteiger partial charge is 0.481 e. The van der Waals surface area contributed by atoms with Gasteiger partial charge in [-0.2, -0.15) is 0 Å². The number of hydrogen-bond acceptors (Lipinski definition) is 6. The summed E-state index contributed by atoms with van der Waals surface area (Å²) in [4.78, 5) is 33.7. The molecule has 168 valence electrons. The van der Waals surface area contributed by atoms with E-state index in [1.807, 2.05) is 12.3 Å². The van der Waals surface area contributed by atoms with Crippen molar-refractivity contribution in [1.29, 1.82) is 0 Å². The van der Waals surface area contributed by atoms with Gasteiger partial charge in [-0.05, 0) is 49.0 Å². The lowest BCUT2D eigenvalue weighted by atomic mass is 9.07. The Hall–Kier alpha value is -2.58. The first-order valence-electron chi connectivity index (χ1n) is 11.0. The number of thiazole rings is 1. The summed E-state index contributed by atoms with van der Waals surface area (Å²) in [5.41, 5.74) is 0.811. The van der Waals surface area contributed by atoms with Crippen molar-refractivity contribution >= 4 is 41.0 Å². The number of fused-ring (bicyclic) bond motifs is 2. The summed E-state index contributed by atoms with van der Waals surface area (Å²) in [6.45, 7) is 1.88. The number of aromatic nitrogens is 1. The number of aliphatic carboxylic acids is 1. The fraction of sp³-hybridized carbons (Fsp3) is 0.417. The summed E-state index contributed by atoms with van der Waals surface area (Å²) in [6.07, 6.45) is 3.48. The Morgan fingerprint density at radius 2 is 2.09 bits per heavy atom. The maximum absolute atomic E-state index is 14.3. The van der Waals surface area contributed by atoms with Gasteiger partial charge in [0.05, 0.1) is 10.4 Å². The monoisotopic (exact) mass is 483 g/mol. The molecule has 1 aromatic carbocycles. The minimum Gasteiger partial charge on any atom is -0.481 e. The highest BCUT2D eigenvalue weighted by atomic mass is 35.5. The number of nitrogens with one attached hydrogen (secondary N) is 1. The van der Waals surface area contributed by atoms with Crippen molar-refractivity contribution in [3.8, 4) is 0 Å². The Kier molecular flexibility index (Phi) is 3.67. The number of allylic oxidation sites excluding steroid dienone is 1. The van der Waals surface area contributed by atoms with Crippen LogP contribution < -0.4 is 5.32 Å². The van der Waals surface area contributed by atoms with Crippen LogP contribution >= 0.6 is 22.9 Å². The van der Waals surface area contributed by atoms with E-state index in [9.17, 15) is 19.1 Å². The second-order valence-corrected chi connectivity index (χ2v) is 11.3. The third kappa shape index (κ3) is 1.95. The van der Waals surface area contributed by atoms with E-state index >= 15 is 0 Å². The number of aldehydes is 1. The number of aliphatic imine (C=N–C) groups is 1. The van der Waals surface area contributed by atoms with Gasteiger partial charge in [0.1, 0.15) is 18.1 Å². The zero-order valence-corrected chi connectivity index (χ0v) is 19.0. The maximum atomic E-state index is 14.3. The summed E-state index contributed by atoms with van der Waals surface area (Å²) in [5, 5.41) is 15.8. The topological polar surface area (TPSA) is 91.6 Å². The molecular weight excluding hydrogens is 465 g/mol. The molecule has 4 aliphatic carbocycles. The molecule has 5 unspecified atom stereocenters. The summed E-state index contributed by atoms with van der Waals surface area (Å²) in [7, 11) is 0. The van der Waals surface area contributed by atoms with Crippen LogP contribution in [0, 0.1) is 46.2 Å². The third-order valence-corrected chi connectivity index (χ3v) is 10.5. The highest BCUT2D eigenvalue weighted by Gasteiger charge is 2.96. The highest BCUT2D eigenvalue weighted by molar-refractivity contribution is 7.11. The lowest BCUT2D eigenvalue weighted by molar-refractivity contribution is -0.474. The van der Waals surface area contributed by atoms with Crippen LogP contribution in [-0.4, -0.2) is 28.2 Å². The Labute approximate surface area is 197 Å². The number of carboxylic acids is 1. The van der Waals surface area contributed by atoms with E-state index in [1.54, 1.807) is 18.3 Å². The van der Waals surface area contributed by atoms with Crippen molar-refractivity contribution in [1.82, 2.24) is 10.3 Å². The molecule has 7 rings (SSSR count). The normalized spacial score (nSPS) is 41.4. The molecule has 2 aromatic rings. The van der Waals surface area contributed by atoms with Gasteiger partial charge in [0.2, 0.25) is 0 Å². The smallest absolute Gasteiger partial charge is 0.309 e. The Morgan fingerprint density at radius 1 is 1.33 bits per heavy atom. The number of carbonyl (C=O) groups is 2. The van der Waals surface area contributed by atoms with Crippen molar-refractivity contribution in [2.75, 3.05) is 0 Å². The van der Waals surface area contributed by atoms with Gasteiger partial charge in [0.25, 0.3) is 0 Å². The van der Waals surface area contributed by atoms with Gasteiger partial charge in [-0.3, -0.25) is 14.6 Å². The van der Waals surface area contributed by atoms with Crippen molar-refractivity contribution in [3.05, 3.63) is 62.5 Å². The minimum absolute atomic E-state index is 0.0481. The van der Waals surface area contributed by atoms with Gasteiger partial charge in [-0.15, -0.1) is 11.3 Å². The van der Waals surface area contributed by atoms with Crippen LogP contribution in [0.3, 0.4) is 0 Å². The van der Waals surface area contributed by atoms with Crippen LogP contribution in [0.15, 0.2) is 46.0 Å². The molecule has 2 heterocycles. The summed E-state index contributed by atoms with van der Waals surface area (Å²) < 4.78 is 14.3. The lowest BCUT2D eigenvalue weighted by Crippen LogP contribution is -2.95. The molecule has 4 fully saturated rings. The molecule has 9 heteroatoms. The molecular formula is C24H19ClFN3O3S. The van der Waals surface area contributed by atoms with E-state index in [1.165, 1.54) is 17.4 Å². The zero-order chi connectivity index (χ0) is 22.9. The minimum atomic E-state index is -0.751. The van der Waals surface area contributed by atoms with Gasteiger partial charge in [-0.25, -0.2) is 9.37 Å². The summed E-state index contributed by atoms with van der Waals surface area (Å²) >= 11 is 7.76. The molecule has 5 atom stereocenters. The van der Waals surface area contributed by atoms with Gasteiger partial charge >= 0.3 is 5.97 Å².